The van der Waals surface area contributed by atoms with E-state index in [9.17, 15) is 9.59 Å². The van der Waals surface area contributed by atoms with Crippen LogP contribution in [0.1, 0.15) is 30.1 Å². The highest BCUT2D eigenvalue weighted by Gasteiger charge is 2.29. The standard InChI is InChI=1S/C14H17BrN2O4/c1-3-21-12-10(15)6-9(7-11(12)20-2)14(19)17-16-13(18)8-4-5-8/h6-8H,3-5H2,1-2H3,(H,16,18)(H,17,19). The zero-order valence-electron chi connectivity index (χ0n) is 11.9. The Bertz CT molecular complexity index is 558. The number of methoxy groups -OCH3 is 1. The van der Waals surface area contributed by atoms with Crippen LogP contribution >= 0.6 is 15.9 Å². The number of halogens is 1. The third-order valence-electron chi connectivity index (χ3n) is 3.03. The Morgan fingerprint density at radius 3 is 2.62 bits per heavy atom. The van der Waals surface area contributed by atoms with Gasteiger partial charge < -0.3 is 9.47 Å². The Hall–Kier alpha value is -1.76. The molecule has 2 amide bonds. The van der Waals surface area contributed by atoms with Gasteiger partial charge in [-0.25, -0.2) is 0 Å². The molecular weight excluding hydrogens is 340 g/mol. The minimum absolute atomic E-state index is 0.0342. The van der Waals surface area contributed by atoms with Crippen LogP contribution in [-0.2, 0) is 4.79 Å². The lowest BCUT2D eigenvalue weighted by molar-refractivity contribution is -0.123. The van der Waals surface area contributed by atoms with Crippen molar-refractivity contribution in [1.29, 1.82) is 0 Å². The van der Waals surface area contributed by atoms with E-state index in [1.165, 1.54) is 7.11 Å². The second-order valence-corrected chi connectivity index (χ2v) is 5.49. The monoisotopic (exact) mass is 356 g/mol. The molecule has 1 aliphatic rings. The molecular formula is C14H17BrN2O4. The van der Waals surface area contributed by atoms with E-state index in [0.29, 0.717) is 28.1 Å². The van der Waals surface area contributed by atoms with Crippen molar-refractivity contribution in [2.75, 3.05) is 13.7 Å². The Balaban J connectivity index is 2.09. The number of benzene rings is 1. The van der Waals surface area contributed by atoms with E-state index < -0.39 is 5.91 Å². The maximum atomic E-state index is 12.0. The van der Waals surface area contributed by atoms with Gasteiger partial charge >= 0.3 is 0 Å². The van der Waals surface area contributed by atoms with Crippen LogP contribution in [0.3, 0.4) is 0 Å². The maximum Gasteiger partial charge on any atom is 0.269 e. The van der Waals surface area contributed by atoms with Crippen molar-refractivity contribution in [3.05, 3.63) is 22.2 Å². The van der Waals surface area contributed by atoms with E-state index in [1.807, 2.05) is 6.92 Å². The zero-order valence-corrected chi connectivity index (χ0v) is 13.5. The smallest absolute Gasteiger partial charge is 0.269 e. The van der Waals surface area contributed by atoms with Crippen LogP contribution in [0, 0.1) is 5.92 Å². The van der Waals surface area contributed by atoms with E-state index in [2.05, 4.69) is 26.8 Å². The first-order valence-corrected chi connectivity index (χ1v) is 7.46. The summed E-state index contributed by atoms with van der Waals surface area (Å²) in [5.41, 5.74) is 5.17. The molecule has 0 bridgehead atoms. The van der Waals surface area contributed by atoms with Gasteiger partial charge in [-0.3, -0.25) is 20.4 Å². The first-order chi connectivity index (χ1) is 10.1. The fourth-order valence-electron chi connectivity index (χ4n) is 1.77. The molecule has 7 heteroatoms. The van der Waals surface area contributed by atoms with Crippen LogP contribution in [0.2, 0.25) is 0 Å². The molecule has 1 aliphatic carbocycles. The van der Waals surface area contributed by atoms with Gasteiger partial charge in [-0.1, -0.05) is 0 Å². The average Bonchev–Trinajstić information content (AvgIpc) is 3.31. The van der Waals surface area contributed by atoms with Gasteiger partial charge in [0.2, 0.25) is 5.91 Å². The van der Waals surface area contributed by atoms with Crippen LogP contribution in [0.25, 0.3) is 0 Å². The van der Waals surface area contributed by atoms with E-state index in [-0.39, 0.29) is 11.8 Å². The topological polar surface area (TPSA) is 76.7 Å². The Labute approximate surface area is 131 Å². The number of ether oxygens (including phenoxy) is 2. The van der Waals surface area contributed by atoms with E-state index in [0.717, 1.165) is 12.8 Å². The first-order valence-electron chi connectivity index (χ1n) is 6.67. The van der Waals surface area contributed by atoms with Gasteiger partial charge in [-0.05, 0) is 47.8 Å². The van der Waals surface area contributed by atoms with Crippen molar-refractivity contribution in [3.63, 3.8) is 0 Å². The second-order valence-electron chi connectivity index (χ2n) is 4.64. The molecule has 0 saturated heterocycles. The number of hydrogen-bond donors (Lipinski definition) is 2. The zero-order chi connectivity index (χ0) is 15.4. The van der Waals surface area contributed by atoms with Gasteiger partial charge in [0, 0.05) is 11.5 Å². The summed E-state index contributed by atoms with van der Waals surface area (Å²) < 4.78 is 11.3. The van der Waals surface area contributed by atoms with Crippen molar-refractivity contribution >= 4 is 27.7 Å². The van der Waals surface area contributed by atoms with Crippen LogP contribution in [0.4, 0.5) is 0 Å². The van der Waals surface area contributed by atoms with Crippen LogP contribution in [0.5, 0.6) is 11.5 Å². The van der Waals surface area contributed by atoms with Gasteiger partial charge in [0.1, 0.15) is 0 Å². The predicted molar refractivity (Wildman–Crippen MR) is 80.2 cm³/mol. The average molecular weight is 357 g/mol. The summed E-state index contributed by atoms with van der Waals surface area (Å²) in [6.07, 6.45) is 1.76. The lowest BCUT2D eigenvalue weighted by atomic mass is 10.2. The summed E-state index contributed by atoms with van der Waals surface area (Å²) in [7, 11) is 1.50. The third kappa shape index (κ3) is 3.87. The van der Waals surface area contributed by atoms with Gasteiger partial charge in [0.25, 0.3) is 5.91 Å². The number of nitrogens with one attached hydrogen (secondary N) is 2. The Morgan fingerprint density at radius 2 is 2.05 bits per heavy atom. The number of carbonyl (C=O) groups excluding carboxylic acids is 2. The van der Waals surface area contributed by atoms with Crippen LogP contribution < -0.4 is 20.3 Å². The lowest BCUT2D eigenvalue weighted by Crippen LogP contribution is -2.42. The fraction of sp³-hybridized carbons (Fsp3) is 0.429. The SMILES string of the molecule is CCOc1c(Br)cc(C(=O)NNC(=O)C2CC2)cc1OC. The molecule has 0 radical (unpaired) electrons. The molecule has 0 aromatic heterocycles. The molecule has 2 N–H and O–H groups in total. The molecule has 1 saturated carbocycles. The van der Waals surface area contributed by atoms with Gasteiger partial charge in [0.05, 0.1) is 18.2 Å². The highest BCUT2D eigenvalue weighted by atomic mass is 79.9. The van der Waals surface area contributed by atoms with Gasteiger partial charge in [-0.15, -0.1) is 0 Å². The molecule has 2 rings (SSSR count). The largest absolute Gasteiger partial charge is 0.493 e. The molecule has 0 spiro atoms. The summed E-state index contributed by atoms with van der Waals surface area (Å²) in [5, 5.41) is 0. The van der Waals surface area contributed by atoms with E-state index in [1.54, 1.807) is 12.1 Å². The number of rotatable bonds is 5. The molecule has 1 aromatic rings. The molecule has 0 atom stereocenters. The van der Waals surface area contributed by atoms with Crippen molar-refractivity contribution in [2.45, 2.75) is 19.8 Å². The highest BCUT2D eigenvalue weighted by Crippen LogP contribution is 2.36. The van der Waals surface area contributed by atoms with Crippen LogP contribution in [0.15, 0.2) is 16.6 Å². The minimum atomic E-state index is -0.411. The molecule has 114 valence electrons. The number of carbonyl (C=O) groups is 2. The fourth-order valence-corrected chi connectivity index (χ4v) is 2.33. The Kier molecular flexibility index (Phi) is 5.06. The third-order valence-corrected chi connectivity index (χ3v) is 3.62. The number of hydrogen-bond acceptors (Lipinski definition) is 4. The second kappa shape index (κ2) is 6.80. The first kappa shape index (κ1) is 15.6. The number of hydrazine groups is 1. The van der Waals surface area contributed by atoms with E-state index >= 15 is 0 Å². The maximum absolute atomic E-state index is 12.0. The predicted octanol–water partition coefficient (Wildman–Crippen LogP) is 2.03. The highest BCUT2D eigenvalue weighted by molar-refractivity contribution is 9.10. The summed E-state index contributed by atoms with van der Waals surface area (Å²) >= 11 is 3.35. The van der Waals surface area contributed by atoms with E-state index in [4.69, 9.17) is 9.47 Å². The summed E-state index contributed by atoms with van der Waals surface area (Å²) in [6, 6.07) is 3.18. The van der Waals surface area contributed by atoms with Crippen molar-refractivity contribution < 1.29 is 19.1 Å². The lowest BCUT2D eigenvalue weighted by Gasteiger charge is -2.13. The van der Waals surface area contributed by atoms with Crippen LogP contribution in [-0.4, -0.2) is 25.5 Å². The van der Waals surface area contributed by atoms with Crippen molar-refractivity contribution in [2.24, 2.45) is 5.92 Å². The Morgan fingerprint density at radius 1 is 1.33 bits per heavy atom. The molecule has 21 heavy (non-hydrogen) atoms. The quantitative estimate of drug-likeness (QED) is 0.791. The number of amides is 2. The van der Waals surface area contributed by atoms with Crippen molar-refractivity contribution in [1.82, 2.24) is 10.9 Å². The van der Waals surface area contributed by atoms with Crippen molar-refractivity contribution in [3.8, 4) is 11.5 Å². The summed E-state index contributed by atoms with van der Waals surface area (Å²) in [4.78, 5) is 23.5. The molecule has 1 fully saturated rings. The normalized spacial score (nSPS) is 13.5. The molecule has 1 aromatic carbocycles. The van der Waals surface area contributed by atoms with Gasteiger partial charge in [0.15, 0.2) is 11.5 Å². The molecule has 0 aliphatic heterocycles. The summed E-state index contributed by atoms with van der Waals surface area (Å²) in [5.74, 6) is 0.460. The molecule has 6 nitrogen and oxygen atoms in total. The summed E-state index contributed by atoms with van der Waals surface area (Å²) in [6.45, 7) is 2.35. The minimum Gasteiger partial charge on any atom is -0.493 e. The molecule has 0 heterocycles. The van der Waals surface area contributed by atoms with Gasteiger partial charge in [-0.2, -0.15) is 0 Å². The molecule has 0 unspecified atom stereocenters.